The molecule has 0 fully saturated rings. The molecule has 0 saturated heterocycles. The Kier molecular flexibility index (Phi) is 5.10. The van der Waals surface area contributed by atoms with Gasteiger partial charge in [-0.3, -0.25) is 4.79 Å². The van der Waals surface area contributed by atoms with Gasteiger partial charge in [-0.25, -0.2) is 18.4 Å². The van der Waals surface area contributed by atoms with Crippen molar-refractivity contribution in [1.82, 2.24) is 19.7 Å². The molecular formula is C17H12F3N5O3S. The zero-order valence-electron chi connectivity index (χ0n) is 14.8. The van der Waals surface area contributed by atoms with E-state index in [1.165, 1.54) is 19.2 Å². The molecule has 0 aliphatic heterocycles. The van der Waals surface area contributed by atoms with Gasteiger partial charge < -0.3 is 0 Å². The number of rotatable bonds is 4. The van der Waals surface area contributed by atoms with Crippen molar-refractivity contribution in [1.29, 1.82) is 5.26 Å². The number of hydrogen-bond acceptors (Lipinski definition) is 7. The van der Waals surface area contributed by atoms with E-state index in [9.17, 15) is 26.4 Å². The van der Waals surface area contributed by atoms with Crippen LogP contribution in [-0.4, -0.2) is 33.9 Å². The Hall–Kier alpha value is -3.33. The first kappa shape index (κ1) is 20.4. The van der Waals surface area contributed by atoms with Crippen LogP contribution in [0.5, 0.6) is 0 Å². The molecule has 0 aliphatic carbocycles. The van der Waals surface area contributed by atoms with Crippen LogP contribution in [0.3, 0.4) is 0 Å². The number of aromatic nitrogens is 4. The summed E-state index contributed by atoms with van der Waals surface area (Å²) in [6.45, 7) is 1.40. The van der Waals surface area contributed by atoms with Gasteiger partial charge in [0.25, 0.3) is 5.56 Å². The molecular weight excluding hydrogens is 411 g/mol. The number of hydrogen-bond donors (Lipinski definition) is 0. The van der Waals surface area contributed by atoms with Crippen molar-refractivity contribution in [2.45, 2.75) is 24.4 Å². The van der Waals surface area contributed by atoms with E-state index in [1.54, 1.807) is 0 Å². The zero-order chi connectivity index (χ0) is 21.4. The average molecular weight is 423 g/mol. The molecule has 0 aromatic carbocycles. The molecule has 0 amide bonds. The van der Waals surface area contributed by atoms with Crippen molar-refractivity contribution in [3.63, 3.8) is 0 Å². The monoisotopic (exact) mass is 423 g/mol. The van der Waals surface area contributed by atoms with E-state index in [2.05, 4.69) is 15.1 Å². The van der Waals surface area contributed by atoms with Crippen LogP contribution in [0.15, 0.2) is 40.4 Å². The van der Waals surface area contributed by atoms with Crippen LogP contribution in [0.25, 0.3) is 16.7 Å². The molecule has 8 nitrogen and oxygen atoms in total. The van der Waals surface area contributed by atoms with E-state index < -0.39 is 27.1 Å². The van der Waals surface area contributed by atoms with Gasteiger partial charge in [0, 0.05) is 17.8 Å². The van der Waals surface area contributed by atoms with E-state index in [4.69, 9.17) is 5.26 Å². The summed E-state index contributed by atoms with van der Waals surface area (Å²) in [7, 11) is -3.85. The predicted molar refractivity (Wildman–Crippen MR) is 95.0 cm³/mol. The molecule has 3 aromatic rings. The third-order valence-corrected chi connectivity index (χ3v) is 5.77. The minimum atomic E-state index is -4.64. The first-order valence-electron chi connectivity index (χ1n) is 8.12. The Bertz CT molecular complexity index is 1310. The van der Waals surface area contributed by atoms with Gasteiger partial charge in [0.2, 0.25) is 0 Å². The molecule has 0 radical (unpaired) electrons. The van der Waals surface area contributed by atoms with E-state index in [-0.39, 0.29) is 33.8 Å². The largest absolute Gasteiger partial charge is 0.417 e. The van der Waals surface area contributed by atoms with Gasteiger partial charge in [-0.15, -0.1) is 0 Å². The van der Waals surface area contributed by atoms with E-state index in [1.807, 2.05) is 6.07 Å². The van der Waals surface area contributed by atoms with Crippen LogP contribution in [0.2, 0.25) is 0 Å². The maximum atomic E-state index is 12.8. The highest BCUT2D eigenvalue weighted by Crippen LogP contribution is 2.30. The third kappa shape index (κ3) is 3.81. The fourth-order valence-corrected chi connectivity index (χ4v) is 3.61. The Morgan fingerprint density at radius 2 is 1.90 bits per heavy atom. The summed E-state index contributed by atoms with van der Waals surface area (Å²) in [6, 6.07) is 3.83. The van der Waals surface area contributed by atoms with Crippen molar-refractivity contribution in [3.05, 3.63) is 52.2 Å². The molecule has 150 valence electrons. The molecule has 0 aliphatic rings. The number of sulfone groups is 1. The van der Waals surface area contributed by atoms with Crippen LogP contribution in [-0.2, 0) is 22.4 Å². The Morgan fingerprint density at radius 1 is 1.17 bits per heavy atom. The summed E-state index contributed by atoms with van der Waals surface area (Å²) >= 11 is 0. The van der Waals surface area contributed by atoms with Crippen molar-refractivity contribution < 1.29 is 21.6 Å². The number of halogens is 3. The van der Waals surface area contributed by atoms with Crippen LogP contribution >= 0.6 is 0 Å². The summed E-state index contributed by atoms with van der Waals surface area (Å²) in [5.74, 6) is -0.616. The lowest BCUT2D eigenvalue weighted by Gasteiger charge is -2.12. The van der Waals surface area contributed by atoms with Gasteiger partial charge in [0.1, 0.15) is 10.4 Å². The summed E-state index contributed by atoms with van der Waals surface area (Å²) in [5, 5.41) is 12.5. The lowest BCUT2D eigenvalue weighted by molar-refractivity contribution is -0.137. The number of nitrogens with zero attached hydrogens (tertiary/aromatic N) is 5. The molecule has 0 saturated carbocycles. The molecule has 0 bridgehead atoms. The SMILES string of the molecule is CCS(=O)(=O)c1cc(CC#N)cnc1-n1ncc2cc(C(F)(F)F)cnc2c1=O. The zero-order valence-corrected chi connectivity index (χ0v) is 15.6. The van der Waals surface area contributed by atoms with Crippen LogP contribution < -0.4 is 5.56 Å². The van der Waals surface area contributed by atoms with Gasteiger partial charge >= 0.3 is 6.18 Å². The second-order valence-corrected chi connectivity index (χ2v) is 8.17. The number of nitriles is 1. The maximum absolute atomic E-state index is 12.8. The van der Waals surface area contributed by atoms with Gasteiger partial charge in [0.15, 0.2) is 15.7 Å². The Morgan fingerprint density at radius 3 is 2.52 bits per heavy atom. The highest BCUT2D eigenvalue weighted by Gasteiger charge is 2.31. The number of fused-ring (bicyclic) bond motifs is 1. The lowest BCUT2D eigenvalue weighted by atomic mass is 10.2. The normalized spacial score (nSPS) is 12.1. The van der Waals surface area contributed by atoms with Crippen molar-refractivity contribution in [2.24, 2.45) is 0 Å². The minimum absolute atomic E-state index is 0.0959. The lowest BCUT2D eigenvalue weighted by Crippen LogP contribution is -2.25. The fourth-order valence-electron chi connectivity index (χ4n) is 2.55. The first-order valence-corrected chi connectivity index (χ1v) is 9.78. The quantitative estimate of drug-likeness (QED) is 0.630. The van der Waals surface area contributed by atoms with Gasteiger partial charge in [-0.1, -0.05) is 6.92 Å². The third-order valence-electron chi connectivity index (χ3n) is 4.04. The number of pyridine rings is 2. The predicted octanol–water partition coefficient (Wildman–Crippen LogP) is 2.05. The van der Waals surface area contributed by atoms with Crippen molar-refractivity contribution in [3.8, 4) is 11.9 Å². The average Bonchev–Trinajstić information content (AvgIpc) is 2.68. The van der Waals surface area contributed by atoms with Crippen molar-refractivity contribution in [2.75, 3.05) is 5.75 Å². The number of alkyl halides is 3. The molecule has 0 atom stereocenters. The summed E-state index contributed by atoms with van der Waals surface area (Å²) in [4.78, 5) is 20.0. The molecule has 0 spiro atoms. The minimum Gasteiger partial charge on any atom is -0.265 e. The molecule has 3 aromatic heterocycles. The second-order valence-electron chi connectivity index (χ2n) is 5.92. The fraction of sp³-hybridized carbons (Fsp3) is 0.235. The topological polar surface area (TPSA) is 119 Å². The van der Waals surface area contributed by atoms with E-state index in [0.717, 1.165) is 12.3 Å². The Labute approximate surface area is 162 Å². The smallest absolute Gasteiger partial charge is 0.265 e. The molecule has 0 N–H and O–H groups in total. The summed E-state index contributed by atoms with van der Waals surface area (Å²) < 4.78 is 64.1. The van der Waals surface area contributed by atoms with Gasteiger partial charge in [-0.2, -0.15) is 28.2 Å². The molecule has 3 heterocycles. The first-order chi connectivity index (χ1) is 13.6. The molecule has 12 heteroatoms. The molecule has 0 unspecified atom stereocenters. The second kappa shape index (κ2) is 7.25. The van der Waals surface area contributed by atoms with Gasteiger partial charge in [-0.05, 0) is 17.7 Å². The van der Waals surface area contributed by atoms with Crippen LogP contribution in [0.1, 0.15) is 18.1 Å². The molecule has 29 heavy (non-hydrogen) atoms. The highest BCUT2D eigenvalue weighted by atomic mass is 32.2. The van der Waals surface area contributed by atoms with E-state index in [0.29, 0.717) is 16.4 Å². The van der Waals surface area contributed by atoms with Crippen molar-refractivity contribution >= 4 is 20.7 Å². The standard InChI is InChI=1S/C17H12F3N5O3S/c1-2-29(27,28)13-5-10(3-4-21)7-23-15(13)25-16(26)14-11(8-24-25)6-12(9-22-14)17(18,19)20/h5-9H,2-3H2,1H3. The van der Waals surface area contributed by atoms with Gasteiger partial charge in [0.05, 0.1) is 30.0 Å². The van der Waals surface area contributed by atoms with Crippen LogP contribution in [0.4, 0.5) is 13.2 Å². The summed E-state index contributed by atoms with van der Waals surface area (Å²) in [6.07, 6.45) is -2.02. The highest BCUT2D eigenvalue weighted by molar-refractivity contribution is 7.91. The summed E-state index contributed by atoms with van der Waals surface area (Å²) in [5.41, 5.74) is -1.97. The maximum Gasteiger partial charge on any atom is 0.417 e. The van der Waals surface area contributed by atoms with Crippen LogP contribution in [0, 0.1) is 11.3 Å². The van der Waals surface area contributed by atoms with E-state index >= 15 is 0 Å². The molecule has 3 rings (SSSR count). The Balaban J connectivity index is 2.27.